The Labute approximate surface area is 75.8 Å². The van der Waals surface area contributed by atoms with Crippen molar-refractivity contribution in [2.45, 2.75) is 18.9 Å². The fraction of sp³-hybridized carbons (Fsp3) is 0.400. The number of benzene rings is 1. The summed E-state index contributed by atoms with van der Waals surface area (Å²) >= 11 is 0. The lowest BCUT2D eigenvalue weighted by molar-refractivity contribution is -0.0106. The van der Waals surface area contributed by atoms with Crippen molar-refractivity contribution in [1.82, 2.24) is 5.32 Å². The van der Waals surface area contributed by atoms with Gasteiger partial charge in [0.15, 0.2) is 0 Å². The summed E-state index contributed by atoms with van der Waals surface area (Å²) in [6.07, 6.45) is -0.107. The lowest BCUT2D eigenvalue weighted by atomic mass is 10.0. The summed E-state index contributed by atoms with van der Waals surface area (Å²) in [5.41, 5.74) is 0.894. The van der Waals surface area contributed by atoms with Gasteiger partial charge in [-0.25, -0.2) is 8.78 Å². The number of fused-ring (bicyclic) bond motifs is 1. The largest absolute Gasteiger partial charge is 0.312 e. The molecule has 1 N–H and O–H groups in total. The molecule has 3 heteroatoms. The fourth-order valence-corrected chi connectivity index (χ4v) is 1.63. The summed E-state index contributed by atoms with van der Waals surface area (Å²) in [5, 5.41) is 2.98. The highest BCUT2D eigenvalue weighted by molar-refractivity contribution is 5.31. The average Bonchev–Trinajstić information content (AvgIpc) is 2.26. The molecule has 0 bridgehead atoms. The predicted molar refractivity (Wildman–Crippen MR) is 46.7 cm³/mol. The summed E-state index contributed by atoms with van der Waals surface area (Å²) in [6.45, 7) is 0.924. The topological polar surface area (TPSA) is 12.0 Å². The molecule has 2 rings (SSSR count). The van der Waals surface area contributed by atoms with Crippen LogP contribution in [-0.4, -0.2) is 6.54 Å². The Kier molecular flexibility index (Phi) is 2.04. The van der Waals surface area contributed by atoms with E-state index in [2.05, 4.69) is 5.32 Å². The van der Waals surface area contributed by atoms with Gasteiger partial charge < -0.3 is 5.32 Å². The van der Waals surface area contributed by atoms with Crippen LogP contribution in [0.25, 0.3) is 0 Å². The summed E-state index contributed by atoms with van der Waals surface area (Å²) in [4.78, 5) is 0. The molecule has 13 heavy (non-hydrogen) atoms. The van der Waals surface area contributed by atoms with Gasteiger partial charge in [0.2, 0.25) is 0 Å². The lowest BCUT2D eigenvalue weighted by Crippen LogP contribution is -2.17. The predicted octanol–water partition coefficient (Wildman–Crippen LogP) is 2.27. The van der Waals surface area contributed by atoms with Crippen molar-refractivity contribution in [2.24, 2.45) is 0 Å². The van der Waals surface area contributed by atoms with Crippen LogP contribution in [-0.2, 0) is 12.5 Å². The second-order valence-corrected chi connectivity index (χ2v) is 3.29. The maximum absolute atomic E-state index is 13.4. The van der Waals surface area contributed by atoms with Crippen molar-refractivity contribution >= 4 is 0 Å². The van der Waals surface area contributed by atoms with Crippen LogP contribution in [0.4, 0.5) is 8.78 Å². The number of alkyl halides is 2. The summed E-state index contributed by atoms with van der Waals surface area (Å²) in [5.74, 6) is -2.67. The minimum absolute atomic E-state index is 0.107. The standard InChI is InChI=1S/C10H11F2N/c11-10(12)5-6-13-7-8-3-1-2-4-9(8)10/h1-4,13H,5-7H2. The first kappa shape index (κ1) is 8.63. The van der Waals surface area contributed by atoms with Gasteiger partial charge in [-0.1, -0.05) is 24.3 Å². The van der Waals surface area contributed by atoms with Crippen molar-refractivity contribution in [3.8, 4) is 0 Å². The third-order valence-corrected chi connectivity index (χ3v) is 2.34. The maximum atomic E-state index is 13.4. The van der Waals surface area contributed by atoms with E-state index in [4.69, 9.17) is 0 Å². The number of nitrogens with one attached hydrogen (secondary N) is 1. The Balaban J connectivity index is 2.48. The first-order valence-corrected chi connectivity index (χ1v) is 4.37. The highest BCUT2D eigenvalue weighted by atomic mass is 19.3. The quantitative estimate of drug-likeness (QED) is 0.650. The van der Waals surface area contributed by atoms with Gasteiger partial charge in [-0.15, -0.1) is 0 Å². The molecule has 1 nitrogen and oxygen atoms in total. The van der Waals surface area contributed by atoms with E-state index >= 15 is 0 Å². The van der Waals surface area contributed by atoms with Crippen LogP contribution in [0.5, 0.6) is 0 Å². The molecule has 0 aliphatic carbocycles. The Morgan fingerprint density at radius 1 is 1.23 bits per heavy atom. The zero-order chi connectivity index (χ0) is 9.31. The molecular weight excluding hydrogens is 172 g/mol. The highest BCUT2D eigenvalue weighted by Gasteiger charge is 2.34. The molecule has 70 valence electrons. The summed E-state index contributed by atoms with van der Waals surface area (Å²) in [7, 11) is 0. The third kappa shape index (κ3) is 1.56. The number of halogens is 2. The molecule has 1 aliphatic heterocycles. The van der Waals surface area contributed by atoms with Crippen LogP contribution in [0.2, 0.25) is 0 Å². The molecule has 0 saturated heterocycles. The third-order valence-electron chi connectivity index (χ3n) is 2.34. The van der Waals surface area contributed by atoms with Crippen molar-refractivity contribution in [3.63, 3.8) is 0 Å². The molecule has 0 fully saturated rings. The minimum atomic E-state index is -2.67. The van der Waals surface area contributed by atoms with Crippen molar-refractivity contribution in [2.75, 3.05) is 6.54 Å². The Bertz CT molecular complexity index is 310. The molecule has 0 aromatic heterocycles. The highest BCUT2D eigenvalue weighted by Crippen LogP contribution is 2.34. The summed E-state index contributed by atoms with van der Waals surface area (Å²) in [6, 6.07) is 6.73. The van der Waals surface area contributed by atoms with Gasteiger partial charge in [-0.3, -0.25) is 0 Å². The van der Waals surface area contributed by atoms with Gasteiger partial charge in [0.05, 0.1) is 0 Å². The van der Waals surface area contributed by atoms with E-state index in [1.165, 1.54) is 6.07 Å². The van der Waals surface area contributed by atoms with E-state index in [1.807, 2.05) is 0 Å². The van der Waals surface area contributed by atoms with E-state index in [9.17, 15) is 8.78 Å². The molecule has 0 unspecified atom stereocenters. The molecule has 0 saturated carbocycles. The SMILES string of the molecule is FC1(F)CCNCc2ccccc21. The molecule has 0 amide bonds. The van der Waals surface area contributed by atoms with Gasteiger partial charge in [0.25, 0.3) is 5.92 Å². The molecule has 1 aliphatic rings. The van der Waals surface area contributed by atoms with Crippen molar-refractivity contribution in [1.29, 1.82) is 0 Å². The van der Waals surface area contributed by atoms with Crippen LogP contribution in [0, 0.1) is 0 Å². The number of hydrogen-bond donors (Lipinski definition) is 1. The van der Waals surface area contributed by atoms with Crippen LogP contribution in [0.1, 0.15) is 17.5 Å². The van der Waals surface area contributed by atoms with Gasteiger partial charge in [0.1, 0.15) is 0 Å². The number of hydrogen-bond acceptors (Lipinski definition) is 1. The maximum Gasteiger partial charge on any atom is 0.274 e. The van der Waals surface area contributed by atoms with Crippen molar-refractivity contribution < 1.29 is 8.78 Å². The zero-order valence-corrected chi connectivity index (χ0v) is 7.19. The van der Waals surface area contributed by atoms with Gasteiger partial charge in [0, 0.05) is 25.1 Å². The molecule has 1 aromatic rings. The molecule has 0 atom stereocenters. The zero-order valence-electron chi connectivity index (χ0n) is 7.19. The van der Waals surface area contributed by atoms with Crippen LogP contribution in [0.3, 0.4) is 0 Å². The van der Waals surface area contributed by atoms with E-state index in [-0.39, 0.29) is 12.0 Å². The van der Waals surface area contributed by atoms with E-state index in [0.717, 1.165) is 0 Å². The minimum Gasteiger partial charge on any atom is -0.312 e. The van der Waals surface area contributed by atoms with Crippen LogP contribution < -0.4 is 5.32 Å². The molecule has 1 aromatic carbocycles. The Hall–Kier alpha value is -0.960. The molecule has 0 radical (unpaired) electrons. The van der Waals surface area contributed by atoms with E-state index in [0.29, 0.717) is 18.7 Å². The van der Waals surface area contributed by atoms with Gasteiger partial charge >= 0.3 is 0 Å². The average molecular weight is 183 g/mol. The van der Waals surface area contributed by atoms with Gasteiger partial charge in [-0.2, -0.15) is 0 Å². The second kappa shape index (κ2) is 3.07. The van der Waals surface area contributed by atoms with Crippen molar-refractivity contribution in [3.05, 3.63) is 35.4 Å². The first-order valence-electron chi connectivity index (χ1n) is 4.37. The Morgan fingerprint density at radius 3 is 2.85 bits per heavy atom. The van der Waals surface area contributed by atoms with E-state index < -0.39 is 5.92 Å². The normalized spacial score (nSPS) is 20.5. The van der Waals surface area contributed by atoms with Gasteiger partial charge in [-0.05, 0) is 5.56 Å². The number of rotatable bonds is 0. The fourth-order valence-electron chi connectivity index (χ4n) is 1.63. The van der Waals surface area contributed by atoms with Crippen LogP contribution in [0.15, 0.2) is 24.3 Å². The Morgan fingerprint density at radius 2 is 2.00 bits per heavy atom. The molecule has 0 spiro atoms. The lowest BCUT2D eigenvalue weighted by Gasteiger charge is -2.15. The van der Waals surface area contributed by atoms with Crippen LogP contribution >= 0.6 is 0 Å². The summed E-state index contributed by atoms with van der Waals surface area (Å²) < 4.78 is 26.8. The smallest absolute Gasteiger partial charge is 0.274 e. The monoisotopic (exact) mass is 183 g/mol. The first-order chi connectivity index (χ1) is 6.20. The molecular formula is C10H11F2N. The second-order valence-electron chi connectivity index (χ2n) is 3.29. The van der Waals surface area contributed by atoms with E-state index in [1.54, 1.807) is 18.2 Å². The molecule has 1 heterocycles.